The molecule has 31 heavy (non-hydrogen) atoms. The molecule has 2 aliphatic heterocycles. The van der Waals surface area contributed by atoms with Crippen LogP contribution in [0.4, 0.5) is 0 Å². The van der Waals surface area contributed by atoms with Gasteiger partial charge in [-0.05, 0) is 25.0 Å². The first kappa shape index (κ1) is 23.4. The van der Waals surface area contributed by atoms with Gasteiger partial charge < -0.3 is 24.8 Å². The number of nitrogens with zero attached hydrogens (tertiary/aromatic N) is 4. The second kappa shape index (κ2) is 12.0. The third-order valence-corrected chi connectivity index (χ3v) is 6.37. The molecule has 2 fully saturated rings. The first-order chi connectivity index (χ1) is 15.0. The molecule has 9 heteroatoms. The highest BCUT2D eigenvalue weighted by molar-refractivity contribution is 7.99. The predicted molar refractivity (Wildman–Crippen MR) is 123 cm³/mol. The summed E-state index contributed by atoms with van der Waals surface area (Å²) >= 11 is 1.78. The number of piperazine rings is 1. The van der Waals surface area contributed by atoms with Gasteiger partial charge in [0.05, 0.1) is 0 Å². The van der Waals surface area contributed by atoms with E-state index in [2.05, 4.69) is 27.3 Å². The Labute approximate surface area is 189 Å². The summed E-state index contributed by atoms with van der Waals surface area (Å²) in [5.74, 6) is 1.69. The maximum atomic E-state index is 12.6. The summed E-state index contributed by atoms with van der Waals surface area (Å²) in [7, 11) is 3.47. The van der Waals surface area contributed by atoms with Crippen LogP contribution >= 0.6 is 11.8 Å². The predicted octanol–water partition coefficient (Wildman–Crippen LogP) is 1.14. The zero-order valence-electron chi connectivity index (χ0n) is 18.5. The largest absolute Gasteiger partial charge is 0.368 e. The van der Waals surface area contributed by atoms with Crippen LogP contribution in [0.2, 0.25) is 0 Å². The Morgan fingerprint density at radius 3 is 2.52 bits per heavy atom. The van der Waals surface area contributed by atoms with E-state index < -0.39 is 0 Å². The summed E-state index contributed by atoms with van der Waals surface area (Å²) in [5.41, 5.74) is 0. The van der Waals surface area contributed by atoms with Crippen molar-refractivity contribution in [3.63, 3.8) is 0 Å². The van der Waals surface area contributed by atoms with Gasteiger partial charge in [-0.15, -0.1) is 11.8 Å². The second-order valence-electron chi connectivity index (χ2n) is 7.83. The van der Waals surface area contributed by atoms with E-state index in [4.69, 9.17) is 4.74 Å². The van der Waals surface area contributed by atoms with Gasteiger partial charge in [0.2, 0.25) is 5.91 Å². The monoisotopic (exact) mass is 447 g/mol. The quantitative estimate of drug-likeness (QED) is 0.292. The topological polar surface area (TPSA) is 77.5 Å². The molecule has 2 aliphatic rings. The smallest absolute Gasteiger partial charge is 0.251 e. The maximum absolute atomic E-state index is 12.6. The number of carbonyl (C=O) groups excluding carboxylic acids is 2. The molecule has 0 saturated carbocycles. The van der Waals surface area contributed by atoms with Crippen molar-refractivity contribution in [2.24, 2.45) is 4.99 Å². The normalized spacial score (nSPS) is 19.4. The Kier molecular flexibility index (Phi) is 9.02. The van der Waals surface area contributed by atoms with Crippen molar-refractivity contribution in [3.05, 3.63) is 30.3 Å². The maximum Gasteiger partial charge on any atom is 0.251 e. The van der Waals surface area contributed by atoms with Crippen LogP contribution in [0, 0.1) is 0 Å². The summed E-state index contributed by atoms with van der Waals surface area (Å²) < 4.78 is 5.55. The number of ether oxygens (including phenoxy) is 1. The molecule has 1 N–H and O–H groups in total. The highest BCUT2D eigenvalue weighted by Gasteiger charge is 2.31. The number of likely N-dealkylation sites (N-methyl/N-ethyl adjacent to an activating group) is 1. The molecule has 0 bridgehead atoms. The third kappa shape index (κ3) is 7.14. The highest BCUT2D eigenvalue weighted by atomic mass is 32.2. The van der Waals surface area contributed by atoms with E-state index in [1.165, 1.54) is 4.90 Å². The van der Waals surface area contributed by atoms with Crippen LogP contribution in [-0.4, -0.2) is 104 Å². The van der Waals surface area contributed by atoms with E-state index in [1.54, 1.807) is 30.8 Å². The Bertz CT molecular complexity index is 745. The van der Waals surface area contributed by atoms with E-state index in [0.29, 0.717) is 32.8 Å². The number of guanidine groups is 1. The number of hydrogen-bond acceptors (Lipinski definition) is 5. The molecule has 2 heterocycles. The molecule has 0 aliphatic carbocycles. The molecule has 0 aromatic heterocycles. The first-order valence-corrected chi connectivity index (χ1v) is 11.8. The number of hydrogen-bond donors (Lipinski definition) is 1. The number of nitrogens with one attached hydrogen (secondary N) is 1. The first-order valence-electron chi connectivity index (χ1n) is 10.9. The van der Waals surface area contributed by atoms with E-state index in [1.807, 2.05) is 23.1 Å². The van der Waals surface area contributed by atoms with E-state index in [-0.39, 0.29) is 24.5 Å². The number of benzene rings is 1. The molecular weight excluding hydrogens is 414 g/mol. The lowest BCUT2D eigenvalue weighted by Crippen LogP contribution is -2.55. The van der Waals surface area contributed by atoms with Crippen LogP contribution < -0.4 is 5.32 Å². The van der Waals surface area contributed by atoms with Gasteiger partial charge in [0.1, 0.15) is 12.6 Å². The van der Waals surface area contributed by atoms with Crippen LogP contribution in [-0.2, 0) is 14.3 Å². The Balaban J connectivity index is 1.52. The van der Waals surface area contributed by atoms with Gasteiger partial charge in [-0.2, -0.15) is 0 Å². The molecule has 1 atom stereocenters. The van der Waals surface area contributed by atoms with Crippen LogP contribution in [0.25, 0.3) is 0 Å². The van der Waals surface area contributed by atoms with Crippen LogP contribution in [0.1, 0.15) is 12.8 Å². The van der Waals surface area contributed by atoms with Crippen LogP contribution in [0.15, 0.2) is 40.2 Å². The molecule has 1 aromatic carbocycles. The molecule has 2 amide bonds. The second-order valence-corrected chi connectivity index (χ2v) is 9.00. The van der Waals surface area contributed by atoms with Gasteiger partial charge >= 0.3 is 0 Å². The summed E-state index contributed by atoms with van der Waals surface area (Å²) in [6.45, 7) is 4.18. The van der Waals surface area contributed by atoms with Crippen molar-refractivity contribution in [1.29, 1.82) is 0 Å². The summed E-state index contributed by atoms with van der Waals surface area (Å²) in [6, 6.07) is 10.3. The molecule has 1 unspecified atom stereocenters. The summed E-state index contributed by atoms with van der Waals surface area (Å²) in [5, 5.41) is 3.41. The van der Waals surface area contributed by atoms with Crippen molar-refractivity contribution in [2.75, 3.05) is 65.7 Å². The van der Waals surface area contributed by atoms with E-state index in [0.717, 1.165) is 31.1 Å². The van der Waals surface area contributed by atoms with Crippen molar-refractivity contribution < 1.29 is 14.3 Å². The Morgan fingerprint density at radius 2 is 1.87 bits per heavy atom. The van der Waals surface area contributed by atoms with Gasteiger partial charge in [-0.25, -0.2) is 4.99 Å². The average molecular weight is 448 g/mol. The fraction of sp³-hybridized carbons (Fsp3) is 0.591. The average Bonchev–Trinajstić information content (AvgIpc) is 3.33. The molecule has 2 saturated heterocycles. The van der Waals surface area contributed by atoms with Crippen molar-refractivity contribution in [1.82, 2.24) is 20.0 Å². The SMILES string of the molecule is CN(C)C(=O)CN=C(NCCSc1ccccc1)N1CCN(C(=O)C2CCCO2)CC1. The van der Waals surface area contributed by atoms with Crippen molar-refractivity contribution in [2.45, 2.75) is 23.8 Å². The molecule has 3 rings (SSSR count). The van der Waals surface area contributed by atoms with Gasteiger partial charge in [0.15, 0.2) is 5.96 Å². The van der Waals surface area contributed by atoms with E-state index in [9.17, 15) is 9.59 Å². The molecular formula is C22H33N5O3S. The van der Waals surface area contributed by atoms with Crippen molar-refractivity contribution >= 4 is 29.5 Å². The minimum absolute atomic E-state index is 0.0369. The van der Waals surface area contributed by atoms with Gasteiger partial charge in [0, 0.05) is 64.1 Å². The highest BCUT2D eigenvalue weighted by Crippen LogP contribution is 2.17. The Hall–Kier alpha value is -2.26. The fourth-order valence-corrected chi connectivity index (χ4v) is 4.30. The lowest BCUT2D eigenvalue weighted by Gasteiger charge is -2.37. The third-order valence-electron chi connectivity index (χ3n) is 5.36. The molecule has 1 aromatic rings. The van der Waals surface area contributed by atoms with Crippen LogP contribution in [0.5, 0.6) is 0 Å². The molecule has 8 nitrogen and oxygen atoms in total. The molecule has 0 spiro atoms. The summed E-state index contributed by atoms with van der Waals surface area (Å²) in [4.78, 5) is 36.0. The number of carbonyl (C=O) groups is 2. The standard InChI is InChI=1S/C22H33N5O3S/c1-25(2)20(28)17-24-22(23-10-16-31-18-7-4-3-5-8-18)27-13-11-26(12-14-27)21(29)19-9-6-15-30-19/h3-5,7-8,19H,6,9-17H2,1-2H3,(H,23,24). The fourth-order valence-electron chi connectivity index (χ4n) is 3.51. The van der Waals surface area contributed by atoms with Crippen molar-refractivity contribution in [3.8, 4) is 0 Å². The summed E-state index contributed by atoms with van der Waals surface area (Å²) in [6.07, 6.45) is 1.50. The van der Waals surface area contributed by atoms with E-state index >= 15 is 0 Å². The van der Waals surface area contributed by atoms with Gasteiger partial charge in [-0.1, -0.05) is 18.2 Å². The van der Waals surface area contributed by atoms with Gasteiger partial charge in [-0.3, -0.25) is 9.59 Å². The minimum Gasteiger partial charge on any atom is -0.368 e. The zero-order valence-corrected chi connectivity index (χ0v) is 19.3. The molecule has 170 valence electrons. The van der Waals surface area contributed by atoms with Crippen LogP contribution in [0.3, 0.4) is 0 Å². The van der Waals surface area contributed by atoms with Gasteiger partial charge in [0.25, 0.3) is 5.91 Å². The number of amides is 2. The lowest BCUT2D eigenvalue weighted by molar-refractivity contribution is -0.142. The number of thioether (sulfide) groups is 1. The lowest BCUT2D eigenvalue weighted by atomic mass is 10.2. The minimum atomic E-state index is -0.273. The number of aliphatic imine (C=N–C) groups is 1. The zero-order chi connectivity index (χ0) is 22.1. The Morgan fingerprint density at radius 1 is 1.16 bits per heavy atom. The molecule has 0 radical (unpaired) electrons. The number of rotatable bonds is 7.